The normalized spacial score (nSPS) is 14.1. The van der Waals surface area contributed by atoms with Crippen LogP contribution >= 0.6 is 15.9 Å². The number of hydrogen-bond donors (Lipinski definition) is 0. The number of halogens is 1. The van der Waals surface area contributed by atoms with E-state index in [9.17, 15) is 4.79 Å². The molecule has 0 atom stereocenters. The predicted molar refractivity (Wildman–Crippen MR) is 66.2 cm³/mol. The molecule has 1 aromatic rings. The highest BCUT2D eigenvalue weighted by Crippen LogP contribution is 2.28. The maximum absolute atomic E-state index is 10.6. The molecular formula is C12H14BrNO. The second-order valence-corrected chi connectivity index (χ2v) is 4.58. The number of nitrogens with zero attached hydrogens (tertiary/aromatic N) is 1. The van der Waals surface area contributed by atoms with E-state index in [0.717, 1.165) is 43.1 Å². The summed E-state index contributed by atoms with van der Waals surface area (Å²) in [6.45, 7) is 2.18. The smallest absolute Gasteiger partial charge is 0.150 e. The van der Waals surface area contributed by atoms with Gasteiger partial charge in [-0.2, -0.15) is 0 Å². The van der Waals surface area contributed by atoms with Crippen LogP contribution in [0.5, 0.6) is 0 Å². The second kappa shape index (κ2) is 4.79. The lowest BCUT2D eigenvalue weighted by Crippen LogP contribution is -2.21. The van der Waals surface area contributed by atoms with E-state index >= 15 is 0 Å². The van der Waals surface area contributed by atoms with Gasteiger partial charge in [0.2, 0.25) is 0 Å². The molecule has 0 bridgehead atoms. The summed E-state index contributed by atoms with van der Waals surface area (Å²) in [5, 5.41) is 1.05. The Hall–Kier alpha value is -0.830. The monoisotopic (exact) mass is 267 g/mol. The summed E-state index contributed by atoms with van der Waals surface area (Å²) in [5.41, 5.74) is 3.41. The molecule has 0 amide bonds. The number of hydrogen-bond acceptors (Lipinski definition) is 2. The van der Waals surface area contributed by atoms with Crippen LogP contribution in [0.25, 0.3) is 0 Å². The molecular weight excluding hydrogens is 254 g/mol. The van der Waals surface area contributed by atoms with Crippen LogP contribution in [-0.2, 0) is 6.42 Å². The third-order valence-electron chi connectivity index (χ3n) is 2.79. The molecule has 0 aliphatic carbocycles. The molecule has 2 nitrogen and oxygen atoms in total. The summed E-state index contributed by atoms with van der Waals surface area (Å²) in [7, 11) is 0. The number of rotatable bonds is 4. The fraction of sp³-hybridized carbons (Fsp3) is 0.417. The van der Waals surface area contributed by atoms with E-state index in [2.05, 4.69) is 26.9 Å². The van der Waals surface area contributed by atoms with E-state index in [1.807, 2.05) is 12.1 Å². The Kier molecular flexibility index (Phi) is 3.41. The summed E-state index contributed by atoms with van der Waals surface area (Å²) in [4.78, 5) is 13.0. The van der Waals surface area contributed by atoms with Crippen LogP contribution in [0.2, 0.25) is 0 Å². The molecule has 3 heteroatoms. The average molecular weight is 268 g/mol. The zero-order chi connectivity index (χ0) is 10.7. The van der Waals surface area contributed by atoms with Gasteiger partial charge in [-0.15, -0.1) is 0 Å². The molecule has 0 saturated heterocycles. The van der Waals surface area contributed by atoms with Gasteiger partial charge >= 0.3 is 0 Å². The number of carbonyl (C=O) groups is 1. The first kappa shape index (κ1) is 10.7. The largest absolute Gasteiger partial charge is 0.371 e. The maximum Gasteiger partial charge on any atom is 0.150 e. The van der Waals surface area contributed by atoms with Crippen molar-refractivity contribution in [2.24, 2.45) is 0 Å². The Morgan fingerprint density at radius 2 is 2.33 bits per heavy atom. The number of fused-ring (bicyclic) bond motifs is 1. The Bertz CT molecular complexity index is 365. The van der Waals surface area contributed by atoms with Crippen molar-refractivity contribution < 1.29 is 4.79 Å². The van der Waals surface area contributed by atoms with Gasteiger partial charge in [-0.1, -0.05) is 15.9 Å². The van der Waals surface area contributed by atoms with Crippen molar-refractivity contribution in [1.82, 2.24) is 0 Å². The summed E-state index contributed by atoms with van der Waals surface area (Å²) in [5.74, 6) is 0. The summed E-state index contributed by atoms with van der Waals surface area (Å²) >= 11 is 3.45. The first-order valence-electron chi connectivity index (χ1n) is 5.24. The lowest BCUT2D eigenvalue weighted by atomic mass is 10.1. The average Bonchev–Trinajstić information content (AvgIpc) is 2.68. The fourth-order valence-electron chi connectivity index (χ4n) is 2.05. The van der Waals surface area contributed by atoms with Gasteiger partial charge < -0.3 is 4.90 Å². The Morgan fingerprint density at radius 3 is 3.07 bits per heavy atom. The number of anilines is 1. The standard InChI is InChI=1S/C12H14BrNO/c13-5-1-6-14-7-4-11-8-10(9-15)2-3-12(11)14/h2-3,8-9H,1,4-7H2. The van der Waals surface area contributed by atoms with E-state index in [1.165, 1.54) is 11.3 Å². The van der Waals surface area contributed by atoms with Gasteiger partial charge in [-0.3, -0.25) is 4.79 Å². The predicted octanol–water partition coefficient (Wildman–Crippen LogP) is 2.65. The van der Waals surface area contributed by atoms with Crippen LogP contribution in [0.1, 0.15) is 22.3 Å². The lowest BCUT2D eigenvalue weighted by molar-refractivity contribution is 0.112. The molecule has 80 valence electrons. The van der Waals surface area contributed by atoms with Crippen LogP contribution in [0, 0.1) is 0 Å². The highest BCUT2D eigenvalue weighted by atomic mass is 79.9. The third-order valence-corrected chi connectivity index (χ3v) is 3.35. The molecule has 0 aromatic heterocycles. The molecule has 0 fully saturated rings. The highest BCUT2D eigenvalue weighted by molar-refractivity contribution is 9.09. The van der Waals surface area contributed by atoms with Crippen LogP contribution in [0.3, 0.4) is 0 Å². The topological polar surface area (TPSA) is 20.3 Å². The van der Waals surface area contributed by atoms with Gasteiger partial charge in [0.25, 0.3) is 0 Å². The zero-order valence-corrected chi connectivity index (χ0v) is 10.2. The van der Waals surface area contributed by atoms with Crippen molar-refractivity contribution >= 4 is 27.9 Å². The summed E-state index contributed by atoms with van der Waals surface area (Å²) < 4.78 is 0. The molecule has 1 aliphatic rings. The van der Waals surface area contributed by atoms with E-state index in [4.69, 9.17) is 0 Å². The van der Waals surface area contributed by atoms with E-state index in [0.29, 0.717) is 0 Å². The molecule has 15 heavy (non-hydrogen) atoms. The molecule has 0 radical (unpaired) electrons. The first-order valence-corrected chi connectivity index (χ1v) is 6.36. The summed E-state index contributed by atoms with van der Waals surface area (Å²) in [6.07, 6.45) is 3.15. The van der Waals surface area contributed by atoms with Crippen molar-refractivity contribution in [2.45, 2.75) is 12.8 Å². The van der Waals surface area contributed by atoms with Crippen molar-refractivity contribution in [1.29, 1.82) is 0 Å². The Balaban J connectivity index is 2.16. The van der Waals surface area contributed by atoms with Gasteiger partial charge in [0, 0.05) is 29.7 Å². The zero-order valence-electron chi connectivity index (χ0n) is 8.58. The van der Waals surface area contributed by atoms with Crippen LogP contribution < -0.4 is 4.90 Å². The van der Waals surface area contributed by atoms with E-state index in [1.54, 1.807) is 0 Å². The second-order valence-electron chi connectivity index (χ2n) is 3.79. The van der Waals surface area contributed by atoms with Gasteiger partial charge in [0.1, 0.15) is 6.29 Å². The third kappa shape index (κ3) is 2.23. The van der Waals surface area contributed by atoms with Gasteiger partial charge in [-0.05, 0) is 36.6 Å². The molecule has 0 N–H and O–H groups in total. The maximum atomic E-state index is 10.6. The minimum absolute atomic E-state index is 0.788. The molecule has 0 spiro atoms. The number of benzene rings is 1. The highest BCUT2D eigenvalue weighted by Gasteiger charge is 2.18. The summed E-state index contributed by atoms with van der Waals surface area (Å²) in [6, 6.07) is 5.98. The van der Waals surface area contributed by atoms with Gasteiger partial charge in [-0.25, -0.2) is 0 Å². The molecule has 1 heterocycles. The molecule has 0 unspecified atom stereocenters. The van der Waals surface area contributed by atoms with Crippen molar-refractivity contribution in [3.8, 4) is 0 Å². The fourth-order valence-corrected chi connectivity index (χ4v) is 2.30. The van der Waals surface area contributed by atoms with Gasteiger partial charge in [0.05, 0.1) is 0 Å². The minimum Gasteiger partial charge on any atom is -0.371 e. The Morgan fingerprint density at radius 1 is 1.47 bits per heavy atom. The minimum atomic E-state index is 0.788. The van der Waals surface area contributed by atoms with E-state index in [-0.39, 0.29) is 0 Å². The SMILES string of the molecule is O=Cc1ccc2c(c1)CCN2CCCBr. The van der Waals surface area contributed by atoms with Crippen molar-refractivity contribution in [2.75, 3.05) is 23.3 Å². The van der Waals surface area contributed by atoms with Gasteiger partial charge in [0.15, 0.2) is 0 Å². The molecule has 2 rings (SSSR count). The quantitative estimate of drug-likeness (QED) is 0.618. The van der Waals surface area contributed by atoms with Crippen molar-refractivity contribution in [3.63, 3.8) is 0 Å². The first-order chi connectivity index (χ1) is 7.35. The van der Waals surface area contributed by atoms with Crippen LogP contribution in [0.15, 0.2) is 18.2 Å². The van der Waals surface area contributed by atoms with Crippen molar-refractivity contribution in [3.05, 3.63) is 29.3 Å². The molecule has 1 aliphatic heterocycles. The number of carbonyl (C=O) groups excluding carboxylic acids is 1. The van der Waals surface area contributed by atoms with E-state index < -0.39 is 0 Å². The van der Waals surface area contributed by atoms with Crippen LogP contribution in [-0.4, -0.2) is 24.7 Å². The number of alkyl halides is 1. The molecule has 0 saturated carbocycles. The number of aldehydes is 1. The lowest BCUT2D eigenvalue weighted by Gasteiger charge is -2.18. The Labute approximate surface area is 98.4 Å². The van der Waals surface area contributed by atoms with Crippen LogP contribution in [0.4, 0.5) is 5.69 Å². The molecule has 1 aromatic carbocycles.